The molecule has 0 saturated carbocycles. The van der Waals surface area contributed by atoms with Crippen LogP contribution < -0.4 is 0 Å². The number of hydrogen-bond acceptors (Lipinski definition) is 4. The molecule has 1 aliphatic rings. The van der Waals surface area contributed by atoms with E-state index in [0.29, 0.717) is 24.5 Å². The molecular weight excluding hydrogens is 388 g/mol. The molecule has 0 spiro atoms. The first-order chi connectivity index (χ1) is 14.1. The van der Waals surface area contributed by atoms with Crippen LogP contribution >= 0.6 is 11.6 Å². The van der Waals surface area contributed by atoms with Gasteiger partial charge >= 0.3 is 0 Å². The Bertz CT molecular complexity index is 981. The second-order valence-electron chi connectivity index (χ2n) is 7.48. The largest absolute Gasteiger partial charge is 0.445 e. The molecule has 1 aliphatic heterocycles. The zero-order valence-corrected chi connectivity index (χ0v) is 17.3. The second-order valence-corrected chi connectivity index (χ2v) is 7.91. The van der Waals surface area contributed by atoms with E-state index in [1.165, 1.54) is 0 Å². The summed E-state index contributed by atoms with van der Waals surface area (Å²) >= 11 is 6.06. The van der Waals surface area contributed by atoms with Crippen LogP contribution in [0.25, 0.3) is 0 Å². The van der Waals surface area contributed by atoms with Crippen LogP contribution in [0.3, 0.4) is 0 Å². The van der Waals surface area contributed by atoms with E-state index in [1.807, 2.05) is 46.9 Å². The zero-order chi connectivity index (χ0) is 20.2. The molecule has 4 rings (SSSR count). The summed E-state index contributed by atoms with van der Waals surface area (Å²) < 4.78 is 7.96. The summed E-state index contributed by atoms with van der Waals surface area (Å²) in [5.74, 6) is 2.72. The Morgan fingerprint density at radius 3 is 3.07 bits per heavy atom. The molecule has 0 bridgehead atoms. The van der Waals surface area contributed by atoms with E-state index >= 15 is 0 Å². The summed E-state index contributed by atoms with van der Waals surface area (Å²) in [5, 5.41) is 0.716. The maximum atomic E-state index is 12.8. The lowest BCUT2D eigenvalue weighted by Crippen LogP contribution is -2.41. The number of nitrogens with zero attached hydrogens (tertiary/aromatic N) is 4. The van der Waals surface area contributed by atoms with Gasteiger partial charge in [0, 0.05) is 43.3 Å². The van der Waals surface area contributed by atoms with Gasteiger partial charge in [-0.15, -0.1) is 0 Å². The van der Waals surface area contributed by atoms with Crippen LogP contribution in [-0.2, 0) is 24.2 Å². The molecule has 0 unspecified atom stereocenters. The van der Waals surface area contributed by atoms with E-state index in [4.69, 9.17) is 16.0 Å². The summed E-state index contributed by atoms with van der Waals surface area (Å²) in [7, 11) is 0. The van der Waals surface area contributed by atoms with Gasteiger partial charge < -0.3 is 13.9 Å². The van der Waals surface area contributed by atoms with Crippen molar-refractivity contribution in [2.24, 2.45) is 0 Å². The van der Waals surface area contributed by atoms with E-state index in [1.54, 1.807) is 12.4 Å². The number of aryl methyl sites for hydroxylation is 1. The third kappa shape index (κ3) is 4.70. The third-order valence-corrected chi connectivity index (χ3v) is 5.62. The minimum atomic E-state index is 0.119. The fourth-order valence-corrected chi connectivity index (χ4v) is 4.10. The molecule has 0 N–H and O–H groups in total. The Morgan fingerprint density at radius 1 is 1.34 bits per heavy atom. The van der Waals surface area contributed by atoms with Gasteiger partial charge in [-0.25, -0.2) is 9.97 Å². The summed E-state index contributed by atoms with van der Waals surface area (Å²) in [6.45, 7) is 3.80. The average molecular weight is 413 g/mol. The highest BCUT2D eigenvalue weighted by molar-refractivity contribution is 6.30. The number of oxazole rings is 1. The quantitative estimate of drug-likeness (QED) is 0.611. The molecule has 0 aliphatic carbocycles. The highest BCUT2D eigenvalue weighted by Gasteiger charge is 2.28. The van der Waals surface area contributed by atoms with Crippen LogP contribution in [0.2, 0.25) is 5.02 Å². The average Bonchev–Trinajstić information content (AvgIpc) is 3.37. The van der Waals surface area contributed by atoms with Crippen LogP contribution in [0, 0.1) is 0 Å². The Balaban J connectivity index is 1.39. The molecule has 2 aromatic heterocycles. The number of carbonyl (C=O) groups excluding carboxylic acids is 1. The van der Waals surface area contributed by atoms with Crippen molar-refractivity contribution in [3.05, 3.63) is 70.9 Å². The molecule has 6 nitrogen and oxygen atoms in total. The smallest absolute Gasteiger partial charge is 0.242 e. The Morgan fingerprint density at radius 2 is 2.24 bits per heavy atom. The fraction of sp³-hybridized carbons (Fsp3) is 0.409. The number of hydrogen-bond donors (Lipinski definition) is 0. The van der Waals surface area contributed by atoms with Crippen LogP contribution in [0.4, 0.5) is 0 Å². The van der Waals surface area contributed by atoms with Gasteiger partial charge in [-0.2, -0.15) is 0 Å². The van der Waals surface area contributed by atoms with E-state index in [2.05, 4.69) is 9.97 Å². The van der Waals surface area contributed by atoms with Crippen LogP contribution in [0.1, 0.15) is 48.7 Å². The lowest BCUT2D eigenvalue weighted by molar-refractivity contribution is -0.133. The van der Waals surface area contributed by atoms with Crippen LogP contribution in [0.5, 0.6) is 0 Å². The summed E-state index contributed by atoms with van der Waals surface area (Å²) in [6, 6.07) is 7.75. The minimum Gasteiger partial charge on any atom is -0.445 e. The Hall–Kier alpha value is -2.60. The highest BCUT2D eigenvalue weighted by atomic mass is 35.5. The van der Waals surface area contributed by atoms with Crippen molar-refractivity contribution < 1.29 is 9.21 Å². The van der Waals surface area contributed by atoms with Gasteiger partial charge in [-0.05, 0) is 30.5 Å². The molecule has 1 fully saturated rings. The Kier molecular flexibility index (Phi) is 6.00. The number of carbonyl (C=O) groups is 1. The van der Waals surface area contributed by atoms with Crippen molar-refractivity contribution in [2.75, 3.05) is 13.1 Å². The van der Waals surface area contributed by atoms with Gasteiger partial charge in [-0.3, -0.25) is 4.79 Å². The molecule has 0 radical (unpaired) electrons. The highest BCUT2D eigenvalue weighted by Crippen LogP contribution is 2.27. The van der Waals surface area contributed by atoms with Gasteiger partial charge in [0.25, 0.3) is 0 Å². The van der Waals surface area contributed by atoms with E-state index in [-0.39, 0.29) is 11.8 Å². The van der Waals surface area contributed by atoms with Gasteiger partial charge in [0.15, 0.2) is 5.89 Å². The monoisotopic (exact) mass is 412 g/mol. The second kappa shape index (κ2) is 8.82. The first kappa shape index (κ1) is 19.7. The third-order valence-electron chi connectivity index (χ3n) is 5.39. The van der Waals surface area contributed by atoms with E-state index in [0.717, 1.165) is 48.8 Å². The number of halogens is 1. The Labute approximate surface area is 175 Å². The molecule has 3 aromatic rings. The molecule has 152 valence electrons. The van der Waals surface area contributed by atoms with Crippen molar-refractivity contribution in [2.45, 2.75) is 45.1 Å². The van der Waals surface area contributed by atoms with E-state index < -0.39 is 0 Å². The zero-order valence-electron chi connectivity index (χ0n) is 16.6. The number of amides is 1. The molecule has 7 heteroatoms. The van der Waals surface area contributed by atoms with Crippen LogP contribution in [0.15, 0.2) is 47.3 Å². The summed E-state index contributed by atoms with van der Waals surface area (Å²) in [4.78, 5) is 23.5. The standard InChI is InChI=1S/C22H25ClN4O2/c1-2-20-24-8-10-26(20)15-21(28)27-9-4-6-17(14-27)22-25-13-19(29-22)12-16-5-3-7-18(23)11-16/h3,5,7-8,10-11,13,17H,2,4,6,9,12,14-15H2,1H3/t17-/m1/s1. The maximum Gasteiger partial charge on any atom is 0.242 e. The molecule has 1 amide bonds. The molecule has 3 heterocycles. The van der Waals surface area contributed by atoms with Gasteiger partial charge in [0.05, 0.1) is 12.1 Å². The minimum absolute atomic E-state index is 0.119. The summed E-state index contributed by atoms with van der Waals surface area (Å²) in [5.41, 5.74) is 1.09. The van der Waals surface area contributed by atoms with Crippen molar-refractivity contribution in [3.8, 4) is 0 Å². The number of benzene rings is 1. The predicted octanol–water partition coefficient (Wildman–Crippen LogP) is 4.08. The first-order valence-electron chi connectivity index (χ1n) is 10.1. The normalized spacial score (nSPS) is 16.9. The van der Waals surface area contributed by atoms with Gasteiger partial charge in [0.1, 0.15) is 18.1 Å². The molecule has 1 aromatic carbocycles. The fourth-order valence-electron chi connectivity index (χ4n) is 3.89. The number of piperidine rings is 1. The van der Waals surface area contributed by atoms with Crippen molar-refractivity contribution in [1.29, 1.82) is 0 Å². The molecule has 29 heavy (non-hydrogen) atoms. The van der Waals surface area contributed by atoms with E-state index in [9.17, 15) is 4.79 Å². The lowest BCUT2D eigenvalue weighted by atomic mass is 9.98. The van der Waals surface area contributed by atoms with Crippen molar-refractivity contribution >= 4 is 17.5 Å². The first-order valence-corrected chi connectivity index (χ1v) is 10.5. The van der Waals surface area contributed by atoms with Crippen molar-refractivity contribution in [1.82, 2.24) is 19.4 Å². The van der Waals surface area contributed by atoms with Crippen LogP contribution in [-0.4, -0.2) is 38.4 Å². The molecule has 1 atom stereocenters. The molecule has 1 saturated heterocycles. The van der Waals surface area contributed by atoms with Gasteiger partial charge in [0.2, 0.25) is 5.91 Å². The van der Waals surface area contributed by atoms with Gasteiger partial charge in [-0.1, -0.05) is 30.7 Å². The summed E-state index contributed by atoms with van der Waals surface area (Å²) in [6.07, 6.45) is 8.81. The topological polar surface area (TPSA) is 64.2 Å². The molecular formula is C22H25ClN4O2. The SMILES string of the molecule is CCc1nccn1CC(=O)N1CCC[C@@H](c2ncc(Cc3cccc(Cl)c3)o2)C1. The number of likely N-dealkylation sites (tertiary alicyclic amines) is 1. The maximum absolute atomic E-state index is 12.8. The predicted molar refractivity (Wildman–Crippen MR) is 111 cm³/mol. The van der Waals surface area contributed by atoms with Crippen molar-refractivity contribution in [3.63, 3.8) is 0 Å². The number of imidazole rings is 1. The lowest BCUT2D eigenvalue weighted by Gasteiger charge is -2.31. The number of aromatic nitrogens is 3. The number of rotatable bonds is 6.